The SMILES string of the molecule is COc1ccc(CN2CCN(C3CN(C(=O)Nc4cc(C(F)(F)F)cc(C(F)(F)F)c4)C3)CC2)cc1F. The van der Waals surface area contributed by atoms with Gasteiger partial charge in [0, 0.05) is 57.5 Å². The van der Waals surface area contributed by atoms with Crippen LogP contribution in [0.5, 0.6) is 5.75 Å². The summed E-state index contributed by atoms with van der Waals surface area (Å²) in [5.74, 6) is -0.243. The van der Waals surface area contributed by atoms with Gasteiger partial charge in [0.2, 0.25) is 0 Å². The molecule has 2 amide bonds. The highest BCUT2D eigenvalue weighted by atomic mass is 19.4. The van der Waals surface area contributed by atoms with E-state index in [4.69, 9.17) is 4.74 Å². The van der Waals surface area contributed by atoms with E-state index < -0.39 is 41.0 Å². The molecule has 4 rings (SSSR count). The van der Waals surface area contributed by atoms with Crippen LogP contribution in [0.4, 0.5) is 41.2 Å². The molecule has 0 unspecified atom stereocenters. The predicted molar refractivity (Wildman–Crippen MR) is 121 cm³/mol. The minimum absolute atomic E-state index is 0.0140. The normalized spacial score (nSPS) is 18.0. The smallest absolute Gasteiger partial charge is 0.416 e. The summed E-state index contributed by atoms with van der Waals surface area (Å²) in [6.07, 6.45) is -9.99. The number of alkyl halides is 6. The predicted octanol–water partition coefficient (Wildman–Crippen LogP) is 4.91. The van der Waals surface area contributed by atoms with E-state index in [1.807, 2.05) is 0 Å². The second-order valence-corrected chi connectivity index (χ2v) is 9.06. The number of halogens is 7. The largest absolute Gasteiger partial charge is 0.494 e. The van der Waals surface area contributed by atoms with Crippen LogP contribution in [0.3, 0.4) is 0 Å². The maximum atomic E-state index is 13.9. The molecule has 2 saturated heterocycles. The Bertz CT molecular complexity index is 1090. The molecule has 0 aromatic heterocycles. The number of amides is 2. The zero-order chi connectivity index (χ0) is 27.0. The Labute approximate surface area is 208 Å². The first-order valence-corrected chi connectivity index (χ1v) is 11.5. The molecule has 2 heterocycles. The third-order valence-electron chi connectivity index (χ3n) is 6.53. The number of rotatable bonds is 5. The van der Waals surface area contributed by atoms with Gasteiger partial charge in [-0.2, -0.15) is 26.3 Å². The van der Waals surface area contributed by atoms with Crippen molar-refractivity contribution in [2.24, 2.45) is 0 Å². The van der Waals surface area contributed by atoms with Gasteiger partial charge < -0.3 is 15.0 Å². The fourth-order valence-electron chi connectivity index (χ4n) is 4.43. The molecule has 0 spiro atoms. The van der Waals surface area contributed by atoms with Crippen molar-refractivity contribution in [2.45, 2.75) is 24.9 Å². The van der Waals surface area contributed by atoms with Crippen LogP contribution >= 0.6 is 0 Å². The molecular weight excluding hydrogens is 509 g/mol. The molecule has 202 valence electrons. The van der Waals surface area contributed by atoms with Crippen LogP contribution in [0.15, 0.2) is 36.4 Å². The summed E-state index contributed by atoms with van der Waals surface area (Å²) >= 11 is 0. The number of carbonyl (C=O) groups excluding carboxylic acids is 1. The van der Waals surface area contributed by atoms with Crippen molar-refractivity contribution in [1.82, 2.24) is 14.7 Å². The van der Waals surface area contributed by atoms with Crippen molar-refractivity contribution in [1.29, 1.82) is 0 Å². The van der Waals surface area contributed by atoms with Crippen LogP contribution < -0.4 is 10.1 Å². The molecule has 2 aliphatic heterocycles. The van der Waals surface area contributed by atoms with Crippen molar-refractivity contribution in [3.63, 3.8) is 0 Å². The fourth-order valence-corrected chi connectivity index (χ4v) is 4.43. The summed E-state index contributed by atoms with van der Waals surface area (Å²) in [7, 11) is 1.40. The number of nitrogens with one attached hydrogen (secondary N) is 1. The number of anilines is 1. The topological polar surface area (TPSA) is 48.1 Å². The van der Waals surface area contributed by atoms with Crippen molar-refractivity contribution in [3.05, 3.63) is 58.9 Å². The summed E-state index contributed by atoms with van der Waals surface area (Å²) < 4.78 is 97.1. The number of piperazine rings is 1. The minimum Gasteiger partial charge on any atom is -0.494 e. The molecule has 0 aliphatic carbocycles. The molecule has 13 heteroatoms. The monoisotopic (exact) mass is 534 g/mol. The van der Waals surface area contributed by atoms with Crippen LogP contribution in [0.1, 0.15) is 16.7 Å². The lowest BCUT2D eigenvalue weighted by molar-refractivity contribution is -0.143. The van der Waals surface area contributed by atoms with Crippen LogP contribution in [0.2, 0.25) is 0 Å². The first-order valence-electron chi connectivity index (χ1n) is 11.5. The Morgan fingerprint density at radius 1 is 0.946 bits per heavy atom. The van der Waals surface area contributed by atoms with Crippen molar-refractivity contribution >= 4 is 11.7 Å². The highest BCUT2D eigenvalue weighted by molar-refractivity contribution is 5.90. The van der Waals surface area contributed by atoms with Crippen LogP contribution in [-0.4, -0.2) is 73.2 Å². The summed E-state index contributed by atoms with van der Waals surface area (Å²) in [4.78, 5) is 18.2. The van der Waals surface area contributed by atoms with E-state index >= 15 is 0 Å². The van der Waals surface area contributed by atoms with Gasteiger partial charge in [0.15, 0.2) is 11.6 Å². The Morgan fingerprint density at radius 3 is 2.05 bits per heavy atom. The van der Waals surface area contributed by atoms with Crippen molar-refractivity contribution < 1.29 is 40.3 Å². The molecule has 0 bridgehead atoms. The van der Waals surface area contributed by atoms with Crippen molar-refractivity contribution in [3.8, 4) is 5.75 Å². The quantitative estimate of drug-likeness (QED) is 0.555. The molecule has 0 atom stereocenters. The molecule has 2 aliphatic rings. The van der Waals surface area contributed by atoms with Crippen LogP contribution in [0, 0.1) is 5.82 Å². The lowest BCUT2D eigenvalue weighted by atomic mass is 10.1. The van der Waals surface area contributed by atoms with E-state index in [9.17, 15) is 35.5 Å². The Kier molecular flexibility index (Phi) is 7.56. The molecule has 37 heavy (non-hydrogen) atoms. The lowest BCUT2D eigenvalue weighted by Crippen LogP contribution is -2.64. The Balaban J connectivity index is 1.27. The van der Waals surface area contributed by atoms with E-state index in [2.05, 4.69) is 15.1 Å². The van der Waals surface area contributed by atoms with Gasteiger partial charge in [-0.1, -0.05) is 6.07 Å². The number of hydrogen-bond donors (Lipinski definition) is 1. The number of benzene rings is 2. The fraction of sp³-hybridized carbons (Fsp3) is 0.458. The van der Waals surface area contributed by atoms with Crippen molar-refractivity contribution in [2.75, 3.05) is 51.7 Å². The molecule has 2 aromatic rings. The highest BCUT2D eigenvalue weighted by Gasteiger charge is 2.39. The molecule has 1 N–H and O–H groups in total. The van der Waals surface area contributed by atoms with Gasteiger partial charge in [-0.05, 0) is 35.9 Å². The summed E-state index contributed by atoms with van der Waals surface area (Å²) in [6.45, 7) is 4.05. The first-order chi connectivity index (χ1) is 17.3. The van der Waals surface area contributed by atoms with Gasteiger partial charge >= 0.3 is 18.4 Å². The van der Waals surface area contributed by atoms with E-state index in [0.29, 0.717) is 44.9 Å². The molecule has 2 aromatic carbocycles. The number of likely N-dealkylation sites (tertiary alicyclic amines) is 1. The molecule has 2 fully saturated rings. The number of nitrogens with zero attached hydrogens (tertiary/aromatic N) is 3. The minimum atomic E-state index is -4.99. The number of hydrogen-bond acceptors (Lipinski definition) is 4. The van der Waals surface area contributed by atoms with E-state index in [1.54, 1.807) is 12.1 Å². The summed E-state index contributed by atoms with van der Waals surface area (Å²) in [5, 5.41) is 2.16. The second kappa shape index (κ2) is 10.4. The molecule has 0 saturated carbocycles. The van der Waals surface area contributed by atoms with Gasteiger partial charge in [0.1, 0.15) is 0 Å². The number of methoxy groups -OCH3 is 1. The second-order valence-electron chi connectivity index (χ2n) is 9.06. The average molecular weight is 534 g/mol. The third kappa shape index (κ3) is 6.45. The molecule has 6 nitrogen and oxygen atoms in total. The maximum Gasteiger partial charge on any atom is 0.416 e. The Morgan fingerprint density at radius 2 is 1.54 bits per heavy atom. The van der Waals surface area contributed by atoms with Gasteiger partial charge in [-0.3, -0.25) is 9.80 Å². The summed E-state index contributed by atoms with van der Waals surface area (Å²) in [6, 6.07) is 5.09. The lowest BCUT2D eigenvalue weighted by Gasteiger charge is -2.48. The number of carbonyl (C=O) groups is 1. The van der Waals surface area contributed by atoms with E-state index in [-0.39, 0.29) is 17.9 Å². The number of ether oxygens (including phenoxy) is 1. The van der Waals surface area contributed by atoms with Gasteiger partial charge in [0.25, 0.3) is 0 Å². The van der Waals surface area contributed by atoms with Crippen LogP contribution in [-0.2, 0) is 18.9 Å². The molecular formula is C24H25F7N4O2. The molecule has 0 radical (unpaired) electrons. The zero-order valence-corrected chi connectivity index (χ0v) is 19.8. The van der Waals surface area contributed by atoms with Gasteiger partial charge in [0.05, 0.1) is 18.2 Å². The highest BCUT2D eigenvalue weighted by Crippen LogP contribution is 2.37. The van der Waals surface area contributed by atoms with E-state index in [0.717, 1.165) is 18.7 Å². The Hall–Kier alpha value is -3.06. The van der Waals surface area contributed by atoms with Crippen LogP contribution in [0.25, 0.3) is 0 Å². The standard InChI is InChI=1S/C24H25F7N4O2/c1-37-21-3-2-15(8-20(21)25)12-33-4-6-34(7-5-33)19-13-35(14-19)22(36)32-18-10-16(23(26,27)28)9-17(11-18)24(29,30)31/h2-3,8-11,19H,4-7,12-14H2,1H3,(H,32,36). The van der Waals surface area contributed by atoms with Gasteiger partial charge in [-0.15, -0.1) is 0 Å². The summed E-state index contributed by atoms with van der Waals surface area (Å²) in [5.41, 5.74) is -2.73. The van der Waals surface area contributed by atoms with Gasteiger partial charge in [-0.25, -0.2) is 9.18 Å². The van der Waals surface area contributed by atoms with E-state index in [1.165, 1.54) is 18.1 Å². The first kappa shape index (κ1) is 27.0. The average Bonchev–Trinajstić information content (AvgIpc) is 2.78. The maximum absolute atomic E-state index is 13.9. The third-order valence-corrected chi connectivity index (χ3v) is 6.53. The zero-order valence-electron chi connectivity index (χ0n) is 19.8. The number of urea groups is 1.